The SMILES string of the molecule is CCN1CCCCC1Sc1nc[nH]n1. The van der Waals surface area contributed by atoms with E-state index in [0.29, 0.717) is 5.37 Å². The van der Waals surface area contributed by atoms with Gasteiger partial charge in [0.05, 0.1) is 5.37 Å². The maximum atomic E-state index is 4.15. The molecule has 0 saturated carbocycles. The van der Waals surface area contributed by atoms with Gasteiger partial charge in [0.15, 0.2) is 0 Å². The number of rotatable bonds is 3. The van der Waals surface area contributed by atoms with Crippen molar-refractivity contribution in [3.63, 3.8) is 0 Å². The Hall–Kier alpha value is -0.550. The highest BCUT2D eigenvalue weighted by molar-refractivity contribution is 7.99. The van der Waals surface area contributed by atoms with E-state index < -0.39 is 0 Å². The van der Waals surface area contributed by atoms with Crippen LogP contribution in [0.25, 0.3) is 0 Å². The van der Waals surface area contributed by atoms with E-state index in [1.807, 2.05) is 0 Å². The normalized spacial score (nSPS) is 23.9. The predicted molar refractivity (Wildman–Crippen MR) is 57.1 cm³/mol. The number of nitrogens with zero attached hydrogens (tertiary/aromatic N) is 3. The minimum absolute atomic E-state index is 0.574. The highest BCUT2D eigenvalue weighted by Crippen LogP contribution is 2.29. The van der Waals surface area contributed by atoms with Crippen LogP contribution in [0.3, 0.4) is 0 Å². The maximum absolute atomic E-state index is 4.15. The third-order valence-electron chi connectivity index (χ3n) is 2.59. The Bertz CT molecular complexity index is 262. The van der Waals surface area contributed by atoms with Gasteiger partial charge in [0, 0.05) is 0 Å². The maximum Gasteiger partial charge on any atom is 0.209 e. The fourth-order valence-corrected chi connectivity index (χ4v) is 2.98. The van der Waals surface area contributed by atoms with E-state index in [9.17, 15) is 0 Å². The van der Waals surface area contributed by atoms with E-state index in [0.717, 1.165) is 11.7 Å². The summed E-state index contributed by atoms with van der Waals surface area (Å²) in [6, 6.07) is 0. The smallest absolute Gasteiger partial charge is 0.209 e. The van der Waals surface area contributed by atoms with Crippen molar-refractivity contribution in [3.8, 4) is 0 Å². The van der Waals surface area contributed by atoms with Crippen molar-refractivity contribution in [1.29, 1.82) is 0 Å². The second-order valence-corrected chi connectivity index (χ2v) is 4.62. The summed E-state index contributed by atoms with van der Waals surface area (Å²) < 4.78 is 0. The summed E-state index contributed by atoms with van der Waals surface area (Å²) in [6.07, 6.45) is 5.56. The van der Waals surface area contributed by atoms with Gasteiger partial charge < -0.3 is 0 Å². The third kappa shape index (κ3) is 2.27. The third-order valence-corrected chi connectivity index (χ3v) is 3.81. The van der Waals surface area contributed by atoms with Crippen molar-refractivity contribution in [3.05, 3.63) is 6.33 Å². The minimum atomic E-state index is 0.574. The summed E-state index contributed by atoms with van der Waals surface area (Å²) in [5.74, 6) is 0. The Labute approximate surface area is 88.5 Å². The molecule has 0 amide bonds. The summed E-state index contributed by atoms with van der Waals surface area (Å²) in [4.78, 5) is 6.65. The van der Waals surface area contributed by atoms with E-state index in [1.165, 1.54) is 25.8 Å². The van der Waals surface area contributed by atoms with Crippen molar-refractivity contribution in [2.75, 3.05) is 13.1 Å². The summed E-state index contributed by atoms with van der Waals surface area (Å²) in [6.45, 7) is 4.57. The number of aromatic amines is 1. The molecule has 0 spiro atoms. The van der Waals surface area contributed by atoms with E-state index in [2.05, 4.69) is 27.0 Å². The fraction of sp³-hybridized carbons (Fsp3) is 0.778. The average Bonchev–Trinajstić information content (AvgIpc) is 2.71. The largest absolute Gasteiger partial charge is 0.291 e. The van der Waals surface area contributed by atoms with Crippen LogP contribution in [-0.2, 0) is 0 Å². The molecule has 1 saturated heterocycles. The van der Waals surface area contributed by atoms with Crippen molar-refractivity contribution in [1.82, 2.24) is 20.1 Å². The molecule has 0 aliphatic carbocycles. The molecule has 1 fully saturated rings. The molecule has 1 aromatic rings. The molecule has 1 atom stereocenters. The lowest BCUT2D eigenvalue weighted by molar-refractivity contribution is 0.216. The van der Waals surface area contributed by atoms with E-state index in [-0.39, 0.29) is 0 Å². The molecular formula is C9H16N4S. The summed E-state index contributed by atoms with van der Waals surface area (Å²) >= 11 is 1.78. The van der Waals surface area contributed by atoms with Gasteiger partial charge in [-0.15, -0.1) is 5.10 Å². The molecule has 0 bridgehead atoms. The molecule has 78 valence electrons. The Morgan fingerprint density at radius 1 is 1.64 bits per heavy atom. The molecule has 1 aromatic heterocycles. The summed E-state index contributed by atoms with van der Waals surface area (Å²) in [5.41, 5.74) is 0. The van der Waals surface area contributed by atoms with Gasteiger partial charge in [-0.2, -0.15) is 0 Å². The molecule has 1 aliphatic rings. The first-order chi connectivity index (χ1) is 6.90. The van der Waals surface area contributed by atoms with E-state index >= 15 is 0 Å². The first kappa shape index (κ1) is 9.98. The second-order valence-electron chi connectivity index (χ2n) is 3.48. The standard InChI is InChI=1S/C9H16N4S/c1-2-13-6-4-3-5-8(13)14-9-10-7-11-12-9/h7-8H,2-6H2,1H3,(H,10,11,12). The van der Waals surface area contributed by atoms with Crippen molar-refractivity contribution >= 4 is 11.8 Å². The van der Waals surface area contributed by atoms with Crippen LogP contribution in [0.15, 0.2) is 11.5 Å². The Morgan fingerprint density at radius 3 is 3.29 bits per heavy atom. The zero-order valence-electron chi connectivity index (χ0n) is 8.44. The molecule has 5 heteroatoms. The number of nitrogens with one attached hydrogen (secondary N) is 1. The van der Waals surface area contributed by atoms with Gasteiger partial charge in [0.25, 0.3) is 0 Å². The number of likely N-dealkylation sites (tertiary alicyclic amines) is 1. The lowest BCUT2D eigenvalue weighted by Gasteiger charge is -2.33. The lowest BCUT2D eigenvalue weighted by Crippen LogP contribution is -2.37. The average molecular weight is 212 g/mol. The number of aromatic nitrogens is 3. The van der Waals surface area contributed by atoms with Crippen LogP contribution in [0.1, 0.15) is 26.2 Å². The van der Waals surface area contributed by atoms with Gasteiger partial charge in [-0.1, -0.05) is 18.7 Å². The monoisotopic (exact) mass is 212 g/mol. The van der Waals surface area contributed by atoms with E-state index in [4.69, 9.17) is 0 Å². The van der Waals surface area contributed by atoms with Crippen molar-refractivity contribution < 1.29 is 0 Å². The molecule has 1 N–H and O–H groups in total. The summed E-state index contributed by atoms with van der Waals surface area (Å²) in [5, 5.41) is 8.28. The molecule has 2 rings (SSSR count). The number of hydrogen-bond acceptors (Lipinski definition) is 4. The predicted octanol–water partition coefficient (Wildman–Crippen LogP) is 1.73. The van der Waals surface area contributed by atoms with Crippen LogP contribution in [0, 0.1) is 0 Å². The Kier molecular flexibility index (Phi) is 3.42. The van der Waals surface area contributed by atoms with Crippen LogP contribution in [-0.4, -0.2) is 38.5 Å². The van der Waals surface area contributed by atoms with E-state index in [1.54, 1.807) is 18.1 Å². The topological polar surface area (TPSA) is 44.8 Å². The zero-order chi connectivity index (χ0) is 9.80. The Balaban J connectivity index is 1.94. The molecule has 0 radical (unpaired) electrons. The van der Waals surface area contributed by atoms with Crippen LogP contribution in [0.4, 0.5) is 0 Å². The van der Waals surface area contributed by atoms with Gasteiger partial charge >= 0.3 is 0 Å². The number of hydrogen-bond donors (Lipinski definition) is 1. The van der Waals surface area contributed by atoms with Gasteiger partial charge in [-0.25, -0.2) is 4.98 Å². The highest BCUT2D eigenvalue weighted by atomic mass is 32.2. The van der Waals surface area contributed by atoms with Crippen LogP contribution in [0.5, 0.6) is 0 Å². The van der Waals surface area contributed by atoms with Crippen LogP contribution in [0.2, 0.25) is 0 Å². The highest BCUT2D eigenvalue weighted by Gasteiger charge is 2.22. The summed E-state index contributed by atoms with van der Waals surface area (Å²) in [7, 11) is 0. The van der Waals surface area contributed by atoms with Gasteiger partial charge in [-0.05, 0) is 32.4 Å². The van der Waals surface area contributed by atoms with Crippen LogP contribution < -0.4 is 0 Å². The molecular weight excluding hydrogens is 196 g/mol. The van der Waals surface area contributed by atoms with Crippen molar-refractivity contribution in [2.45, 2.75) is 36.7 Å². The second kappa shape index (κ2) is 4.79. The molecule has 1 unspecified atom stereocenters. The molecule has 14 heavy (non-hydrogen) atoms. The van der Waals surface area contributed by atoms with Crippen molar-refractivity contribution in [2.24, 2.45) is 0 Å². The fourth-order valence-electron chi connectivity index (χ4n) is 1.83. The number of piperidine rings is 1. The van der Waals surface area contributed by atoms with Gasteiger partial charge in [-0.3, -0.25) is 10.00 Å². The van der Waals surface area contributed by atoms with Crippen LogP contribution >= 0.6 is 11.8 Å². The van der Waals surface area contributed by atoms with Gasteiger partial charge in [0.1, 0.15) is 6.33 Å². The quantitative estimate of drug-likeness (QED) is 0.828. The minimum Gasteiger partial charge on any atom is -0.291 e. The lowest BCUT2D eigenvalue weighted by atomic mass is 10.1. The molecule has 2 heterocycles. The first-order valence-electron chi connectivity index (χ1n) is 5.16. The molecule has 4 nitrogen and oxygen atoms in total. The number of H-pyrrole nitrogens is 1. The Morgan fingerprint density at radius 2 is 2.57 bits per heavy atom. The van der Waals surface area contributed by atoms with Gasteiger partial charge in [0.2, 0.25) is 5.16 Å². The zero-order valence-corrected chi connectivity index (χ0v) is 9.26. The molecule has 0 aromatic carbocycles. The number of thioether (sulfide) groups is 1. The molecule has 1 aliphatic heterocycles. The first-order valence-corrected chi connectivity index (χ1v) is 6.04.